The Morgan fingerprint density at radius 3 is 2.67 bits per heavy atom. The van der Waals surface area contributed by atoms with Crippen LogP contribution in [0.2, 0.25) is 0 Å². The van der Waals surface area contributed by atoms with E-state index in [1.54, 1.807) is 24.3 Å². The minimum Gasteiger partial charge on any atom is -0.370 e. The number of amides is 2. The van der Waals surface area contributed by atoms with Crippen LogP contribution in [0.25, 0.3) is 10.2 Å². The average Bonchev–Trinajstić information content (AvgIpc) is 3.09. The quantitative estimate of drug-likeness (QED) is 0.673. The molecule has 0 bridgehead atoms. The summed E-state index contributed by atoms with van der Waals surface area (Å²) in [5.41, 5.74) is 5.64. The van der Waals surface area contributed by atoms with Crippen LogP contribution in [0.4, 0.5) is 5.69 Å². The highest BCUT2D eigenvalue weighted by molar-refractivity contribution is 7.18. The monoisotopic (exact) mass is 384 g/mol. The zero-order valence-electron chi connectivity index (χ0n) is 14.9. The Balaban J connectivity index is 1.88. The third-order valence-corrected chi connectivity index (χ3v) is 5.36. The summed E-state index contributed by atoms with van der Waals surface area (Å²) in [7, 11) is 0. The topological polar surface area (TPSA) is 98.3 Å². The number of rotatable bonds is 7. The van der Waals surface area contributed by atoms with Crippen molar-refractivity contribution in [2.24, 2.45) is 5.73 Å². The summed E-state index contributed by atoms with van der Waals surface area (Å²) < 4.78 is 1.30. The number of primary amides is 1. The van der Waals surface area contributed by atoms with Crippen LogP contribution in [0.15, 0.2) is 47.5 Å². The van der Waals surface area contributed by atoms with E-state index in [4.69, 9.17) is 5.73 Å². The molecule has 27 heavy (non-hydrogen) atoms. The molecule has 0 saturated carbocycles. The normalized spacial score (nSPS) is 10.9. The summed E-state index contributed by atoms with van der Waals surface area (Å²) in [6, 6.07) is 10.8. The van der Waals surface area contributed by atoms with Crippen molar-refractivity contribution in [1.82, 2.24) is 9.55 Å². The molecule has 140 valence electrons. The fourth-order valence-electron chi connectivity index (χ4n) is 2.76. The number of hydrogen-bond donors (Lipinski definition) is 1. The maximum Gasteiger partial charge on any atom is 0.262 e. The van der Waals surface area contributed by atoms with Crippen molar-refractivity contribution in [1.29, 1.82) is 0 Å². The molecule has 2 aromatic heterocycles. The van der Waals surface area contributed by atoms with Crippen LogP contribution in [0.3, 0.4) is 0 Å². The van der Waals surface area contributed by atoms with Gasteiger partial charge in [0.2, 0.25) is 11.8 Å². The molecule has 2 N–H and O–H groups in total. The second kappa shape index (κ2) is 8.13. The number of nitrogens with two attached hydrogens (primary N) is 1. The Labute approximate surface area is 160 Å². The predicted octanol–water partition coefficient (Wildman–Crippen LogP) is 1.93. The maximum atomic E-state index is 12.9. The van der Waals surface area contributed by atoms with Gasteiger partial charge in [-0.2, -0.15) is 0 Å². The van der Waals surface area contributed by atoms with Crippen molar-refractivity contribution in [2.75, 3.05) is 11.4 Å². The first kappa shape index (κ1) is 18.8. The number of hydrogen-bond acceptors (Lipinski definition) is 5. The van der Waals surface area contributed by atoms with Crippen LogP contribution >= 0.6 is 11.3 Å². The van der Waals surface area contributed by atoms with Gasteiger partial charge in [-0.05, 0) is 24.6 Å². The number of nitrogens with zero attached hydrogens (tertiary/aromatic N) is 3. The second-order valence-corrected chi connectivity index (χ2v) is 7.18. The molecule has 1 aromatic carbocycles. The molecule has 0 aliphatic rings. The first-order valence-corrected chi connectivity index (χ1v) is 9.42. The number of para-hydroxylation sites is 1. The summed E-state index contributed by atoms with van der Waals surface area (Å²) in [6.45, 7) is 2.01. The molecule has 0 unspecified atom stereocenters. The van der Waals surface area contributed by atoms with E-state index < -0.39 is 5.91 Å². The van der Waals surface area contributed by atoms with Gasteiger partial charge >= 0.3 is 0 Å². The Kier molecular flexibility index (Phi) is 5.66. The minimum atomic E-state index is -0.491. The molecule has 0 radical (unpaired) electrons. The van der Waals surface area contributed by atoms with Crippen LogP contribution in [0.1, 0.15) is 18.2 Å². The largest absolute Gasteiger partial charge is 0.370 e. The molecule has 3 rings (SSSR count). The number of fused-ring (bicyclic) bond motifs is 1. The Hall–Kier alpha value is -3.00. The van der Waals surface area contributed by atoms with E-state index >= 15 is 0 Å². The van der Waals surface area contributed by atoms with E-state index in [-0.39, 0.29) is 31.0 Å². The molecule has 0 saturated heterocycles. The fraction of sp³-hybridized carbons (Fsp3) is 0.263. The van der Waals surface area contributed by atoms with Gasteiger partial charge in [-0.1, -0.05) is 25.1 Å². The van der Waals surface area contributed by atoms with Crippen molar-refractivity contribution >= 4 is 39.1 Å². The van der Waals surface area contributed by atoms with Gasteiger partial charge in [-0.15, -0.1) is 11.3 Å². The molecule has 0 aliphatic carbocycles. The summed E-state index contributed by atoms with van der Waals surface area (Å²) in [5.74, 6) is -0.800. The Morgan fingerprint density at radius 2 is 2.00 bits per heavy atom. The molecule has 0 atom stereocenters. The molecule has 8 heteroatoms. The number of benzene rings is 1. The van der Waals surface area contributed by atoms with Gasteiger partial charge in [-0.3, -0.25) is 19.0 Å². The van der Waals surface area contributed by atoms with E-state index in [1.165, 1.54) is 27.1 Å². The van der Waals surface area contributed by atoms with Gasteiger partial charge < -0.3 is 10.6 Å². The second-order valence-electron chi connectivity index (χ2n) is 6.06. The highest BCUT2D eigenvalue weighted by atomic mass is 32.1. The molecule has 7 nitrogen and oxygen atoms in total. The molecule has 0 fully saturated rings. The van der Waals surface area contributed by atoms with Crippen molar-refractivity contribution in [2.45, 2.75) is 26.3 Å². The third kappa shape index (κ3) is 4.22. The number of aryl methyl sites for hydroxylation is 1. The molecular formula is C19H20N4O3S. The molecule has 3 aromatic rings. The highest BCUT2D eigenvalue weighted by Gasteiger charge is 2.18. The van der Waals surface area contributed by atoms with Crippen LogP contribution in [0.5, 0.6) is 0 Å². The Morgan fingerprint density at radius 1 is 1.26 bits per heavy atom. The van der Waals surface area contributed by atoms with E-state index in [0.29, 0.717) is 15.9 Å². The molecule has 0 aliphatic heterocycles. The lowest BCUT2D eigenvalue weighted by atomic mass is 10.2. The summed E-state index contributed by atoms with van der Waals surface area (Å²) >= 11 is 1.48. The van der Waals surface area contributed by atoms with Crippen LogP contribution in [-0.4, -0.2) is 27.9 Å². The lowest BCUT2D eigenvalue weighted by Gasteiger charge is -2.22. The van der Waals surface area contributed by atoms with Crippen LogP contribution in [0, 0.1) is 0 Å². The number of aromatic nitrogens is 2. The number of anilines is 1. The lowest BCUT2D eigenvalue weighted by Crippen LogP contribution is -2.38. The van der Waals surface area contributed by atoms with Gasteiger partial charge in [0, 0.05) is 23.5 Å². The zero-order chi connectivity index (χ0) is 19.4. The first-order valence-electron chi connectivity index (χ1n) is 8.61. The van der Waals surface area contributed by atoms with Gasteiger partial charge in [0.25, 0.3) is 5.56 Å². The third-order valence-electron chi connectivity index (χ3n) is 4.17. The molecule has 0 spiro atoms. The smallest absolute Gasteiger partial charge is 0.262 e. The fourth-order valence-corrected chi connectivity index (χ4v) is 3.68. The summed E-state index contributed by atoms with van der Waals surface area (Å²) in [4.78, 5) is 44.3. The van der Waals surface area contributed by atoms with Crippen LogP contribution in [-0.2, 0) is 22.6 Å². The van der Waals surface area contributed by atoms with Gasteiger partial charge in [-0.25, -0.2) is 4.98 Å². The van der Waals surface area contributed by atoms with E-state index in [0.717, 1.165) is 11.3 Å². The zero-order valence-corrected chi connectivity index (χ0v) is 15.7. The average molecular weight is 384 g/mol. The van der Waals surface area contributed by atoms with E-state index in [9.17, 15) is 14.4 Å². The number of thiophene rings is 1. The molecule has 2 amide bonds. The van der Waals surface area contributed by atoms with E-state index in [2.05, 4.69) is 4.98 Å². The SMILES string of the molecule is CCc1cc2c(=O)n(CC(=O)N(CCC(N)=O)c3ccccc3)cnc2s1. The van der Waals surface area contributed by atoms with Crippen molar-refractivity contribution < 1.29 is 9.59 Å². The Bertz CT molecular complexity index is 1030. The number of carbonyl (C=O) groups excluding carboxylic acids is 2. The van der Waals surface area contributed by atoms with Crippen LogP contribution < -0.4 is 16.2 Å². The van der Waals surface area contributed by atoms with Gasteiger partial charge in [0.15, 0.2) is 0 Å². The lowest BCUT2D eigenvalue weighted by molar-refractivity contribution is -0.119. The minimum absolute atomic E-state index is 0.0389. The van der Waals surface area contributed by atoms with E-state index in [1.807, 2.05) is 19.1 Å². The standard InChI is InChI=1S/C19H20N4O3S/c1-2-14-10-15-18(27-14)21-12-22(19(15)26)11-17(25)23(9-8-16(20)24)13-6-4-3-5-7-13/h3-7,10,12H,2,8-9,11H2,1H3,(H2,20,24). The summed E-state index contributed by atoms with van der Waals surface area (Å²) in [6.07, 6.45) is 2.27. The molecule has 2 heterocycles. The van der Waals surface area contributed by atoms with Crippen molar-refractivity contribution in [3.63, 3.8) is 0 Å². The van der Waals surface area contributed by atoms with Gasteiger partial charge in [0.1, 0.15) is 11.4 Å². The maximum absolute atomic E-state index is 12.9. The molecular weight excluding hydrogens is 364 g/mol. The van der Waals surface area contributed by atoms with Crippen molar-refractivity contribution in [3.8, 4) is 0 Å². The number of carbonyl (C=O) groups is 2. The highest BCUT2D eigenvalue weighted by Crippen LogP contribution is 2.21. The first-order chi connectivity index (χ1) is 13.0. The summed E-state index contributed by atoms with van der Waals surface area (Å²) in [5, 5.41) is 0.524. The van der Waals surface area contributed by atoms with Crippen molar-refractivity contribution in [3.05, 3.63) is 58.0 Å². The van der Waals surface area contributed by atoms with Gasteiger partial charge in [0.05, 0.1) is 11.7 Å². The predicted molar refractivity (Wildman–Crippen MR) is 106 cm³/mol.